The Morgan fingerprint density at radius 1 is 1.24 bits per heavy atom. The molecule has 3 aliphatic rings. The number of fused-ring (bicyclic) bond motifs is 4. The van der Waals surface area contributed by atoms with Crippen LogP contribution >= 0.6 is 11.6 Å². The molecular weight excluding hydrogens is 458 g/mol. The van der Waals surface area contributed by atoms with Crippen LogP contribution in [0.3, 0.4) is 0 Å². The van der Waals surface area contributed by atoms with Crippen molar-refractivity contribution in [3.63, 3.8) is 0 Å². The van der Waals surface area contributed by atoms with Gasteiger partial charge >= 0.3 is 5.97 Å². The zero-order valence-corrected chi connectivity index (χ0v) is 20.0. The quantitative estimate of drug-likeness (QED) is 0.674. The van der Waals surface area contributed by atoms with Crippen LogP contribution in [0.15, 0.2) is 42.5 Å². The number of hydrogen-bond acceptors (Lipinski definition) is 5. The third-order valence-corrected chi connectivity index (χ3v) is 7.41. The van der Waals surface area contributed by atoms with Gasteiger partial charge in [0.2, 0.25) is 0 Å². The Bertz CT molecular complexity index is 1120. The van der Waals surface area contributed by atoms with Gasteiger partial charge in [-0.2, -0.15) is 0 Å². The third-order valence-electron chi connectivity index (χ3n) is 7.17. The number of piperidine rings is 1. The van der Waals surface area contributed by atoms with E-state index in [1.165, 1.54) is 0 Å². The van der Waals surface area contributed by atoms with Crippen molar-refractivity contribution < 1.29 is 28.9 Å². The van der Waals surface area contributed by atoms with Gasteiger partial charge in [0.15, 0.2) is 6.61 Å². The van der Waals surface area contributed by atoms with E-state index in [2.05, 4.69) is 13.8 Å². The molecule has 1 amide bonds. The molecule has 0 unspecified atom stereocenters. The number of amides is 1. The standard InChI is InChI=1S/C26H28ClNO6/c1-26(2)18-13-19-22(33-24(18)17-12-15(27)9-10-21(17)34-26)8-5-11-28(19)25(31)16-6-3-4-7-20(16)32-14-23(29)30/h3-4,6-7,9-10,12,18-19,22,24H,5,8,11,13-14H2,1-2H3,(H,29,30)/t18-,19-,22-,24+/m0/s1. The fourth-order valence-corrected chi connectivity index (χ4v) is 5.75. The van der Waals surface area contributed by atoms with E-state index in [9.17, 15) is 9.59 Å². The van der Waals surface area contributed by atoms with Gasteiger partial charge < -0.3 is 24.2 Å². The number of likely N-dealkylation sites (tertiary alicyclic amines) is 1. The number of para-hydroxylation sites is 1. The van der Waals surface area contributed by atoms with Gasteiger partial charge in [-0.3, -0.25) is 4.79 Å². The maximum atomic E-state index is 13.7. The number of nitrogens with zero attached hydrogens (tertiary/aromatic N) is 1. The normalized spacial score (nSPS) is 27.0. The SMILES string of the molecule is CC1(C)Oc2ccc(Cl)cc2[C@H]2O[C@H]3CCCN(C(=O)c4ccccc4OCC(=O)O)[C@H]3C[C@@H]21. The summed E-state index contributed by atoms with van der Waals surface area (Å²) < 4.78 is 18.5. The molecule has 3 aliphatic heterocycles. The molecule has 2 saturated heterocycles. The Kier molecular flexibility index (Phi) is 5.94. The number of carboxylic acids is 1. The van der Waals surface area contributed by atoms with Crippen LogP contribution in [-0.2, 0) is 9.53 Å². The van der Waals surface area contributed by atoms with Gasteiger partial charge in [-0.1, -0.05) is 23.7 Å². The van der Waals surface area contributed by atoms with Crippen LogP contribution in [0, 0.1) is 5.92 Å². The lowest BCUT2D eigenvalue weighted by Crippen LogP contribution is -2.60. The van der Waals surface area contributed by atoms with E-state index in [4.69, 9.17) is 30.9 Å². The molecule has 5 rings (SSSR count). The molecule has 2 aromatic rings. The molecule has 0 spiro atoms. The molecule has 7 nitrogen and oxygen atoms in total. The monoisotopic (exact) mass is 485 g/mol. The highest BCUT2D eigenvalue weighted by atomic mass is 35.5. The third kappa shape index (κ3) is 4.12. The van der Waals surface area contributed by atoms with Gasteiger partial charge in [0, 0.05) is 23.0 Å². The van der Waals surface area contributed by atoms with Crippen molar-refractivity contribution in [2.24, 2.45) is 5.92 Å². The molecule has 2 fully saturated rings. The molecule has 0 bridgehead atoms. The maximum absolute atomic E-state index is 13.7. The summed E-state index contributed by atoms with van der Waals surface area (Å²) in [6.45, 7) is 4.24. The fraction of sp³-hybridized carbons (Fsp3) is 0.462. The lowest BCUT2D eigenvalue weighted by atomic mass is 9.72. The first-order valence-corrected chi connectivity index (χ1v) is 12.0. The van der Waals surface area contributed by atoms with Gasteiger partial charge in [0.25, 0.3) is 5.91 Å². The van der Waals surface area contributed by atoms with Gasteiger partial charge in [-0.05, 0) is 63.4 Å². The van der Waals surface area contributed by atoms with E-state index in [1.54, 1.807) is 24.3 Å². The number of carboxylic acid groups (broad SMARTS) is 1. The minimum absolute atomic E-state index is 0.0339. The van der Waals surface area contributed by atoms with Crippen LogP contribution in [0.25, 0.3) is 0 Å². The van der Waals surface area contributed by atoms with Crippen LogP contribution < -0.4 is 9.47 Å². The topological polar surface area (TPSA) is 85.3 Å². The second kappa shape index (κ2) is 8.78. The molecular formula is C26H28ClNO6. The van der Waals surface area contributed by atoms with Crippen LogP contribution in [0.5, 0.6) is 11.5 Å². The molecule has 4 atom stereocenters. The highest BCUT2D eigenvalue weighted by molar-refractivity contribution is 6.30. The number of ether oxygens (including phenoxy) is 3. The molecule has 3 heterocycles. The second-order valence-corrected chi connectivity index (χ2v) is 10.1. The maximum Gasteiger partial charge on any atom is 0.341 e. The zero-order chi connectivity index (χ0) is 24.0. The summed E-state index contributed by atoms with van der Waals surface area (Å²) in [5, 5.41) is 9.64. The highest BCUT2D eigenvalue weighted by Crippen LogP contribution is 2.53. The minimum atomic E-state index is -1.09. The summed E-state index contributed by atoms with van der Waals surface area (Å²) in [4.78, 5) is 26.5. The number of carbonyl (C=O) groups excluding carboxylic acids is 1. The molecule has 2 aromatic carbocycles. The molecule has 34 heavy (non-hydrogen) atoms. The summed E-state index contributed by atoms with van der Waals surface area (Å²) in [5.74, 6) is -0.159. The van der Waals surface area contributed by atoms with Gasteiger partial charge in [0.1, 0.15) is 17.1 Å². The van der Waals surface area contributed by atoms with Crippen molar-refractivity contribution >= 4 is 23.5 Å². The van der Waals surface area contributed by atoms with E-state index < -0.39 is 18.2 Å². The molecule has 8 heteroatoms. The van der Waals surface area contributed by atoms with Crippen LogP contribution in [-0.4, -0.2) is 52.8 Å². The summed E-state index contributed by atoms with van der Waals surface area (Å²) >= 11 is 6.30. The predicted octanol–water partition coefficient (Wildman–Crippen LogP) is 4.73. The average molecular weight is 486 g/mol. The first kappa shape index (κ1) is 23.0. The Morgan fingerprint density at radius 2 is 2.03 bits per heavy atom. The van der Waals surface area contributed by atoms with E-state index >= 15 is 0 Å². The average Bonchev–Trinajstić information content (AvgIpc) is 2.81. The molecule has 1 N–H and O–H groups in total. The zero-order valence-electron chi connectivity index (χ0n) is 19.2. The fourth-order valence-electron chi connectivity index (χ4n) is 5.57. The van der Waals surface area contributed by atoms with E-state index in [0.29, 0.717) is 17.1 Å². The van der Waals surface area contributed by atoms with Gasteiger partial charge in [-0.15, -0.1) is 0 Å². The van der Waals surface area contributed by atoms with Crippen molar-refractivity contribution in [2.45, 2.75) is 57.0 Å². The number of benzene rings is 2. The molecule has 0 saturated carbocycles. The molecule has 0 aromatic heterocycles. The Hall–Kier alpha value is -2.77. The van der Waals surface area contributed by atoms with Crippen LogP contribution in [0.1, 0.15) is 55.1 Å². The number of hydrogen-bond donors (Lipinski definition) is 1. The number of aliphatic carboxylic acids is 1. The van der Waals surface area contributed by atoms with Crippen molar-refractivity contribution in [1.82, 2.24) is 4.90 Å². The smallest absolute Gasteiger partial charge is 0.341 e. The summed E-state index contributed by atoms with van der Waals surface area (Å²) in [6.07, 6.45) is 2.17. The van der Waals surface area contributed by atoms with E-state index in [0.717, 1.165) is 30.6 Å². The second-order valence-electron chi connectivity index (χ2n) is 9.71. The van der Waals surface area contributed by atoms with Crippen molar-refractivity contribution in [3.8, 4) is 11.5 Å². The van der Waals surface area contributed by atoms with E-state index in [-0.39, 0.29) is 35.8 Å². The Morgan fingerprint density at radius 3 is 2.82 bits per heavy atom. The number of carbonyl (C=O) groups is 2. The van der Waals surface area contributed by atoms with Gasteiger partial charge in [-0.25, -0.2) is 4.79 Å². The Labute approximate surface area is 203 Å². The lowest BCUT2D eigenvalue weighted by molar-refractivity contribution is -0.183. The van der Waals surface area contributed by atoms with Crippen molar-refractivity contribution in [3.05, 3.63) is 58.6 Å². The highest BCUT2D eigenvalue weighted by Gasteiger charge is 2.53. The summed E-state index contributed by atoms with van der Waals surface area (Å²) in [5.41, 5.74) is 0.847. The van der Waals surface area contributed by atoms with Crippen LogP contribution in [0.4, 0.5) is 0 Å². The lowest BCUT2D eigenvalue weighted by Gasteiger charge is -2.54. The minimum Gasteiger partial charge on any atom is -0.487 e. The number of halogens is 1. The predicted molar refractivity (Wildman–Crippen MR) is 126 cm³/mol. The van der Waals surface area contributed by atoms with E-state index in [1.807, 2.05) is 23.1 Å². The first-order valence-electron chi connectivity index (χ1n) is 11.6. The molecule has 180 valence electrons. The molecule has 0 radical (unpaired) electrons. The van der Waals surface area contributed by atoms with Crippen molar-refractivity contribution in [1.29, 1.82) is 0 Å². The first-order chi connectivity index (χ1) is 16.2. The summed E-state index contributed by atoms with van der Waals surface area (Å²) in [7, 11) is 0. The summed E-state index contributed by atoms with van der Waals surface area (Å²) in [6, 6.07) is 12.3. The van der Waals surface area contributed by atoms with Crippen molar-refractivity contribution in [2.75, 3.05) is 13.2 Å². The largest absolute Gasteiger partial charge is 0.487 e. The van der Waals surface area contributed by atoms with Gasteiger partial charge in [0.05, 0.1) is 23.8 Å². The molecule has 0 aliphatic carbocycles. The Balaban J connectivity index is 1.44. The van der Waals surface area contributed by atoms with Crippen LogP contribution in [0.2, 0.25) is 5.02 Å². The number of rotatable bonds is 4.